The van der Waals surface area contributed by atoms with Crippen molar-refractivity contribution in [3.05, 3.63) is 47.0 Å². The summed E-state index contributed by atoms with van der Waals surface area (Å²) in [5, 5.41) is -6.98. The number of esters is 1. The largest absolute Gasteiger partial charge is 0.465 e. The fraction of sp³-hybridized carbons (Fsp3) is 0.526. The fourth-order valence-corrected chi connectivity index (χ4v) is 5.82. The highest BCUT2D eigenvalue weighted by molar-refractivity contribution is 7.94. The number of allylic oxidation sites excluding steroid dienone is 2. The molecule has 15 heteroatoms. The van der Waals surface area contributed by atoms with Crippen LogP contribution in [-0.2, 0) is 19.4 Å². The summed E-state index contributed by atoms with van der Waals surface area (Å²) in [6.45, 7) is 0.465. The predicted molar refractivity (Wildman–Crippen MR) is 102 cm³/mol. The summed E-state index contributed by atoms with van der Waals surface area (Å²) in [4.78, 5) is 12.8. The first-order valence-corrected chi connectivity index (χ1v) is 11.2. The fourth-order valence-electron chi connectivity index (χ4n) is 3.57. The van der Waals surface area contributed by atoms with Gasteiger partial charge in [-0.15, -0.1) is 0 Å². The second kappa shape index (κ2) is 8.92. The highest BCUT2D eigenvalue weighted by atomic mass is 35.5. The van der Waals surface area contributed by atoms with Gasteiger partial charge in [-0.05, 0) is 37.5 Å². The Hall–Kier alpha value is -1.96. The number of halogens is 10. The minimum absolute atomic E-state index is 0.0707. The number of sulfone groups is 1. The number of carbonyl (C=O) groups is 1. The first kappa shape index (κ1) is 28.3. The maximum Gasteiger partial charge on any atom is 0.460 e. The molecule has 1 aromatic carbocycles. The summed E-state index contributed by atoms with van der Waals surface area (Å²) in [5.74, 6) is -18.9. The normalized spacial score (nSPS) is 22.5. The molecule has 0 saturated heterocycles. The molecule has 0 amide bonds. The molecule has 192 valence electrons. The molecular formula is C19H16ClF9O4S. The van der Waals surface area contributed by atoms with E-state index in [1.807, 2.05) is 0 Å². The van der Waals surface area contributed by atoms with Gasteiger partial charge in [0.1, 0.15) is 0 Å². The van der Waals surface area contributed by atoms with Crippen LogP contribution in [0.5, 0.6) is 0 Å². The molecule has 0 spiro atoms. The molecule has 2 atom stereocenters. The molecule has 0 unspecified atom stereocenters. The number of alkyl halides is 9. The number of rotatable bonds is 7. The first-order valence-electron chi connectivity index (χ1n) is 9.35. The van der Waals surface area contributed by atoms with Gasteiger partial charge in [0.25, 0.3) is 0 Å². The van der Waals surface area contributed by atoms with Crippen LogP contribution in [0.15, 0.2) is 36.4 Å². The van der Waals surface area contributed by atoms with Crippen molar-refractivity contribution < 1.29 is 57.5 Å². The first-order chi connectivity index (χ1) is 15.3. The summed E-state index contributed by atoms with van der Waals surface area (Å²) in [7, 11) is -7.18. The molecule has 1 aliphatic rings. The molecule has 0 radical (unpaired) electrons. The number of carbonyl (C=O) groups excluding carboxylic acids is 1. The number of hydrogen-bond acceptors (Lipinski definition) is 4. The minimum atomic E-state index is -7.48. The van der Waals surface area contributed by atoms with Crippen molar-refractivity contribution in [1.82, 2.24) is 0 Å². The lowest BCUT2D eigenvalue weighted by molar-refractivity contribution is -0.382. The van der Waals surface area contributed by atoms with E-state index in [0.29, 0.717) is 0 Å². The van der Waals surface area contributed by atoms with Gasteiger partial charge in [0.05, 0.1) is 6.61 Å². The Bertz CT molecular complexity index is 1050. The van der Waals surface area contributed by atoms with Crippen molar-refractivity contribution in [3.8, 4) is 0 Å². The number of benzene rings is 1. The second-order valence-corrected chi connectivity index (χ2v) is 9.98. The zero-order valence-corrected chi connectivity index (χ0v) is 18.6. The van der Waals surface area contributed by atoms with E-state index in [1.54, 1.807) is 0 Å². The molecule has 4 nitrogen and oxygen atoms in total. The summed E-state index contributed by atoms with van der Waals surface area (Å²) in [6, 6.07) is 4.41. The predicted octanol–water partition coefficient (Wildman–Crippen LogP) is 5.92. The Kier molecular flexibility index (Phi) is 7.42. The number of ether oxygens (including phenoxy) is 1. The quantitative estimate of drug-likeness (QED) is 0.242. The van der Waals surface area contributed by atoms with Crippen molar-refractivity contribution in [3.63, 3.8) is 0 Å². The molecule has 1 aliphatic carbocycles. The van der Waals surface area contributed by atoms with E-state index in [4.69, 9.17) is 11.6 Å². The van der Waals surface area contributed by atoms with Gasteiger partial charge >= 0.3 is 29.2 Å². The van der Waals surface area contributed by atoms with Crippen LogP contribution in [0.25, 0.3) is 0 Å². The highest BCUT2D eigenvalue weighted by Crippen LogP contribution is 2.59. The minimum Gasteiger partial charge on any atom is -0.465 e. The third-order valence-corrected chi connectivity index (χ3v) is 8.11. The molecule has 0 fully saturated rings. The van der Waals surface area contributed by atoms with E-state index in [9.17, 15) is 52.7 Å². The van der Waals surface area contributed by atoms with Gasteiger partial charge in [-0.3, -0.25) is 4.79 Å². The van der Waals surface area contributed by atoms with Crippen molar-refractivity contribution in [1.29, 1.82) is 0 Å². The van der Waals surface area contributed by atoms with Crippen LogP contribution in [0.4, 0.5) is 39.5 Å². The van der Waals surface area contributed by atoms with Crippen molar-refractivity contribution in [2.24, 2.45) is 0 Å². The van der Waals surface area contributed by atoms with Crippen LogP contribution in [0, 0.1) is 0 Å². The molecule has 0 aromatic heterocycles. The van der Waals surface area contributed by atoms with Crippen LogP contribution in [0.1, 0.15) is 31.2 Å². The van der Waals surface area contributed by atoms with E-state index >= 15 is 0 Å². The van der Waals surface area contributed by atoms with E-state index in [1.165, 1.54) is 6.08 Å². The molecule has 1 aromatic rings. The average molecular weight is 547 g/mol. The molecular weight excluding hydrogens is 531 g/mol. The molecule has 34 heavy (non-hydrogen) atoms. The van der Waals surface area contributed by atoms with Crippen molar-refractivity contribution in [2.45, 2.75) is 53.7 Å². The van der Waals surface area contributed by atoms with Gasteiger partial charge in [0.2, 0.25) is 9.84 Å². The average Bonchev–Trinajstić information content (AvgIpc) is 2.73. The smallest absolute Gasteiger partial charge is 0.460 e. The zero-order chi connectivity index (χ0) is 26.4. The Morgan fingerprint density at radius 3 is 2.00 bits per heavy atom. The third-order valence-electron chi connectivity index (χ3n) is 5.35. The third kappa shape index (κ3) is 3.95. The van der Waals surface area contributed by atoms with Gasteiger partial charge < -0.3 is 4.74 Å². The molecule has 0 saturated carbocycles. The Morgan fingerprint density at radius 1 is 1.00 bits per heavy atom. The maximum absolute atomic E-state index is 14.8. The SMILES string of the molecule is CCOC(=O)[C@]1(S(=O)(=O)C(F)(F)C(F)(F)C(F)(F)C(F)(F)F)CC=CC[C@@H]1c1ccc(Cl)cc1. The van der Waals surface area contributed by atoms with Gasteiger partial charge in [-0.2, -0.15) is 39.5 Å². The lowest BCUT2D eigenvalue weighted by Gasteiger charge is -2.43. The molecule has 0 heterocycles. The van der Waals surface area contributed by atoms with E-state index in [2.05, 4.69) is 4.74 Å². The molecule has 0 bridgehead atoms. The second-order valence-electron chi connectivity index (χ2n) is 7.29. The summed E-state index contributed by atoms with van der Waals surface area (Å²) in [5.41, 5.74) is -0.216. The topological polar surface area (TPSA) is 60.4 Å². The summed E-state index contributed by atoms with van der Waals surface area (Å²) >= 11 is 5.72. The maximum atomic E-state index is 14.8. The molecule has 0 aliphatic heterocycles. The van der Waals surface area contributed by atoms with Crippen LogP contribution in [0.3, 0.4) is 0 Å². The van der Waals surface area contributed by atoms with Crippen LogP contribution in [0.2, 0.25) is 5.02 Å². The van der Waals surface area contributed by atoms with Crippen LogP contribution in [-0.4, -0.2) is 49.0 Å². The monoisotopic (exact) mass is 546 g/mol. The van der Waals surface area contributed by atoms with Crippen molar-refractivity contribution >= 4 is 27.4 Å². The summed E-state index contributed by atoms with van der Waals surface area (Å²) in [6.07, 6.45) is -7.03. The van der Waals surface area contributed by atoms with Crippen LogP contribution < -0.4 is 0 Å². The lowest BCUT2D eigenvalue weighted by atomic mass is 9.77. The van der Waals surface area contributed by atoms with Gasteiger partial charge in [0.15, 0.2) is 4.75 Å². The Morgan fingerprint density at radius 2 is 1.53 bits per heavy atom. The highest BCUT2D eigenvalue weighted by Gasteiger charge is 2.87. The van der Waals surface area contributed by atoms with Gasteiger partial charge in [-0.1, -0.05) is 35.9 Å². The summed E-state index contributed by atoms with van der Waals surface area (Å²) < 4.78 is 150. The number of hydrogen-bond donors (Lipinski definition) is 0. The molecule has 2 rings (SSSR count). The standard InChI is InChI=1S/C19H16ClF9O4S/c1-2-33-14(30)15(10-4-3-5-13(15)11-6-8-12(20)9-7-11)34(31,32)19(28,29)17(23,24)16(21,22)18(25,26)27/h3-4,6-9,13H,2,5,10H2,1H3/t13-,15+/m1/s1. The van der Waals surface area contributed by atoms with Gasteiger partial charge in [0, 0.05) is 10.9 Å². The van der Waals surface area contributed by atoms with E-state index < -0.39 is 69.2 Å². The Labute approximate surface area is 192 Å². The van der Waals surface area contributed by atoms with E-state index in [-0.39, 0.29) is 10.6 Å². The van der Waals surface area contributed by atoms with E-state index in [0.717, 1.165) is 37.3 Å². The van der Waals surface area contributed by atoms with Gasteiger partial charge in [-0.25, -0.2) is 8.42 Å². The molecule has 0 N–H and O–H groups in total. The zero-order valence-electron chi connectivity index (χ0n) is 17.0. The van der Waals surface area contributed by atoms with Crippen molar-refractivity contribution in [2.75, 3.05) is 6.61 Å². The van der Waals surface area contributed by atoms with Crippen LogP contribution >= 0.6 is 11.6 Å². The lowest BCUT2D eigenvalue weighted by Crippen LogP contribution is -2.68. The Balaban J connectivity index is 2.87.